The Bertz CT molecular complexity index is 953. The lowest BCUT2D eigenvalue weighted by Crippen LogP contribution is -2.53. The number of nitrogens with one attached hydrogen (secondary N) is 2. The van der Waals surface area contributed by atoms with Gasteiger partial charge < -0.3 is 20.4 Å². The molecule has 2 aromatic rings. The van der Waals surface area contributed by atoms with Crippen LogP contribution < -0.4 is 15.5 Å². The molecule has 1 aliphatic heterocycles. The van der Waals surface area contributed by atoms with E-state index >= 15 is 0 Å². The molecule has 1 atom stereocenters. The molecule has 2 aromatic carbocycles. The van der Waals surface area contributed by atoms with Gasteiger partial charge in [0.05, 0.1) is 6.54 Å². The summed E-state index contributed by atoms with van der Waals surface area (Å²) >= 11 is 0. The highest BCUT2D eigenvalue weighted by atomic mass is 16.2. The number of hydrogen-bond acceptors (Lipinski definition) is 4. The minimum atomic E-state index is -0.695. The Balaban J connectivity index is 1.51. The normalized spacial score (nSPS) is 14.7. The van der Waals surface area contributed by atoms with E-state index in [9.17, 15) is 14.4 Å². The summed E-state index contributed by atoms with van der Waals surface area (Å²) in [5, 5.41) is 5.59. The molecule has 1 fully saturated rings. The Labute approximate surface area is 196 Å². The third kappa shape index (κ3) is 6.81. The predicted molar refractivity (Wildman–Crippen MR) is 130 cm³/mol. The molecule has 0 aromatic heterocycles. The molecule has 2 N–H and O–H groups in total. The van der Waals surface area contributed by atoms with Crippen molar-refractivity contribution in [3.8, 4) is 0 Å². The van der Waals surface area contributed by atoms with E-state index in [0.29, 0.717) is 25.1 Å². The lowest BCUT2D eigenvalue weighted by Gasteiger charge is -2.36. The number of amides is 3. The van der Waals surface area contributed by atoms with Crippen LogP contribution in [0.1, 0.15) is 36.2 Å². The number of para-hydroxylation sites is 1. The summed E-state index contributed by atoms with van der Waals surface area (Å²) in [7, 11) is 0. The van der Waals surface area contributed by atoms with Crippen molar-refractivity contribution in [3.05, 3.63) is 65.7 Å². The molecule has 7 nitrogen and oxygen atoms in total. The van der Waals surface area contributed by atoms with Crippen LogP contribution in [0.3, 0.4) is 0 Å². The van der Waals surface area contributed by atoms with Crippen molar-refractivity contribution in [1.29, 1.82) is 0 Å². The van der Waals surface area contributed by atoms with Gasteiger partial charge in [-0.3, -0.25) is 14.4 Å². The summed E-state index contributed by atoms with van der Waals surface area (Å²) in [5.74, 6) is -0.511. The Hall–Kier alpha value is -3.35. The van der Waals surface area contributed by atoms with Gasteiger partial charge in [0.15, 0.2) is 0 Å². The molecule has 0 aliphatic carbocycles. The van der Waals surface area contributed by atoms with Gasteiger partial charge >= 0.3 is 0 Å². The van der Waals surface area contributed by atoms with Crippen LogP contribution >= 0.6 is 0 Å². The Morgan fingerprint density at radius 2 is 1.55 bits per heavy atom. The van der Waals surface area contributed by atoms with Gasteiger partial charge in [-0.05, 0) is 43.0 Å². The number of carbonyl (C=O) groups excluding carboxylic acids is 3. The van der Waals surface area contributed by atoms with Crippen molar-refractivity contribution >= 4 is 23.4 Å². The van der Waals surface area contributed by atoms with Crippen LogP contribution in [0.25, 0.3) is 0 Å². The molecule has 0 bridgehead atoms. The van der Waals surface area contributed by atoms with Crippen LogP contribution in [0, 0.1) is 12.8 Å². The van der Waals surface area contributed by atoms with Gasteiger partial charge in [0, 0.05) is 37.4 Å². The molecule has 1 aliphatic rings. The Kier molecular flexibility index (Phi) is 8.46. The summed E-state index contributed by atoms with van der Waals surface area (Å²) in [4.78, 5) is 42.3. The number of piperazine rings is 1. The third-order valence-electron chi connectivity index (χ3n) is 5.89. The van der Waals surface area contributed by atoms with Gasteiger partial charge in [-0.2, -0.15) is 0 Å². The molecule has 7 heteroatoms. The van der Waals surface area contributed by atoms with E-state index in [1.54, 1.807) is 17.0 Å². The summed E-state index contributed by atoms with van der Waals surface area (Å²) in [6.07, 6.45) is 0.493. The van der Waals surface area contributed by atoms with Crippen LogP contribution in [0.5, 0.6) is 0 Å². The number of nitrogens with zero attached hydrogens (tertiary/aromatic N) is 2. The Morgan fingerprint density at radius 1 is 0.909 bits per heavy atom. The van der Waals surface area contributed by atoms with Gasteiger partial charge in [-0.1, -0.05) is 50.2 Å². The molecule has 0 saturated carbocycles. The van der Waals surface area contributed by atoms with Gasteiger partial charge in [-0.15, -0.1) is 0 Å². The van der Waals surface area contributed by atoms with Gasteiger partial charge in [0.25, 0.3) is 5.91 Å². The average molecular weight is 451 g/mol. The van der Waals surface area contributed by atoms with Crippen LogP contribution in [0.4, 0.5) is 5.69 Å². The zero-order valence-corrected chi connectivity index (χ0v) is 19.7. The fourth-order valence-electron chi connectivity index (χ4n) is 4.02. The van der Waals surface area contributed by atoms with E-state index < -0.39 is 6.04 Å². The smallest absolute Gasteiger partial charge is 0.252 e. The van der Waals surface area contributed by atoms with Gasteiger partial charge in [0.1, 0.15) is 6.04 Å². The predicted octanol–water partition coefficient (Wildman–Crippen LogP) is 2.60. The van der Waals surface area contributed by atoms with E-state index in [-0.39, 0.29) is 30.2 Å². The molecule has 0 spiro atoms. The van der Waals surface area contributed by atoms with Crippen LogP contribution in [0.2, 0.25) is 0 Å². The minimum absolute atomic E-state index is 0.0704. The average Bonchev–Trinajstić information content (AvgIpc) is 2.82. The number of anilines is 1. The molecular weight excluding hydrogens is 416 g/mol. The zero-order valence-electron chi connectivity index (χ0n) is 19.7. The summed E-state index contributed by atoms with van der Waals surface area (Å²) in [6, 6.07) is 16.7. The molecule has 33 heavy (non-hydrogen) atoms. The van der Waals surface area contributed by atoms with E-state index in [1.807, 2.05) is 51.1 Å². The van der Waals surface area contributed by atoms with Crippen molar-refractivity contribution in [1.82, 2.24) is 15.5 Å². The van der Waals surface area contributed by atoms with Crippen molar-refractivity contribution in [2.45, 2.75) is 33.2 Å². The summed E-state index contributed by atoms with van der Waals surface area (Å²) < 4.78 is 0. The second-order valence-electron chi connectivity index (χ2n) is 8.89. The highest BCUT2D eigenvalue weighted by Crippen LogP contribution is 2.15. The minimum Gasteiger partial charge on any atom is -0.368 e. The molecule has 1 heterocycles. The lowest BCUT2D eigenvalue weighted by molar-refractivity contribution is -0.133. The lowest BCUT2D eigenvalue weighted by atomic mass is 10.0. The van der Waals surface area contributed by atoms with Gasteiger partial charge in [0.2, 0.25) is 11.8 Å². The monoisotopic (exact) mass is 450 g/mol. The summed E-state index contributed by atoms with van der Waals surface area (Å²) in [6.45, 7) is 8.53. The highest BCUT2D eigenvalue weighted by molar-refractivity contribution is 5.99. The SMILES string of the molecule is Cc1ccccc1C(=O)NC(CC(C)C)C(=O)NCC(=O)N1CCN(c2ccccc2)CC1. The zero-order chi connectivity index (χ0) is 23.8. The molecule has 0 radical (unpaired) electrons. The summed E-state index contributed by atoms with van der Waals surface area (Å²) in [5.41, 5.74) is 2.55. The van der Waals surface area contributed by atoms with Crippen molar-refractivity contribution in [3.63, 3.8) is 0 Å². The van der Waals surface area contributed by atoms with Crippen molar-refractivity contribution in [2.75, 3.05) is 37.6 Å². The highest BCUT2D eigenvalue weighted by Gasteiger charge is 2.25. The van der Waals surface area contributed by atoms with Crippen LogP contribution in [-0.2, 0) is 9.59 Å². The maximum Gasteiger partial charge on any atom is 0.252 e. The van der Waals surface area contributed by atoms with E-state index in [2.05, 4.69) is 27.7 Å². The number of rotatable bonds is 8. The van der Waals surface area contributed by atoms with E-state index in [4.69, 9.17) is 0 Å². The number of aryl methyl sites for hydroxylation is 1. The molecule has 1 saturated heterocycles. The van der Waals surface area contributed by atoms with Crippen LogP contribution in [-0.4, -0.2) is 61.4 Å². The fraction of sp³-hybridized carbons (Fsp3) is 0.423. The largest absolute Gasteiger partial charge is 0.368 e. The first kappa shape index (κ1) is 24.3. The molecular formula is C26H34N4O3. The standard InChI is InChI=1S/C26H34N4O3/c1-19(2)17-23(28-25(32)22-12-8-7-9-20(22)3)26(33)27-18-24(31)30-15-13-29(14-16-30)21-10-5-4-6-11-21/h4-12,19,23H,13-18H2,1-3H3,(H,27,33)(H,28,32). The van der Waals surface area contributed by atoms with Crippen molar-refractivity contribution in [2.24, 2.45) is 5.92 Å². The first-order chi connectivity index (χ1) is 15.8. The van der Waals surface area contributed by atoms with E-state index in [0.717, 1.165) is 24.3 Å². The Morgan fingerprint density at radius 3 is 2.18 bits per heavy atom. The number of benzene rings is 2. The fourth-order valence-corrected chi connectivity index (χ4v) is 4.02. The number of hydrogen-bond donors (Lipinski definition) is 2. The second-order valence-corrected chi connectivity index (χ2v) is 8.89. The molecule has 1 unspecified atom stereocenters. The topological polar surface area (TPSA) is 81.8 Å². The van der Waals surface area contributed by atoms with Gasteiger partial charge in [-0.25, -0.2) is 0 Å². The number of carbonyl (C=O) groups is 3. The third-order valence-corrected chi connectivity index (χ3v) is 5.89. The second kappa shape index (κ2) is 11.5. The van der Waals surface area contributed by atoms with Crippen LogP contribution in [0.15, 0.2) is 54.6 Å². The quantitative estimate of drug-likeness (QED) is 0.648. The first-order valence-corrected chi connectivity index (χ1v) is 11.6. The first-order valence-electron chi connectivity index (χ1n) is 11.6. The van der Waals surface area contributed by atoms with Crippen molar-refractivity contribution < 1.29 is 14.4 Å². The maximum atomic E-state index is 12.8. The molecule has 3 amide bonds. The molecule has 3 rings (SSSR count). The maximum absolute atomic E-state index is 12.8. The molecule has 176 valence electrons. The van der Waals surface area contributed by atoms with E-state index in [1.165, 1.54) is 0 Å².